The maximum atomic E-state index is 11.8. The third-order valence-electron chi connectivity index (χ3n) is 2.89. The topological polar surface area (TPSA) is 29.5 Å². The van der Waals surface area contributed by atoms with Gasteiger partial charge in [-0.1, -0.05) is 34.1 Å². The van der Waals surface area contributed by atoms with Crippen LogP contribution in [0.2, 0.25) is 0 Å². The molecule has 1 fully saturated rings. The lowest BCUT2D eigenvalue weighted by atomic mass is 10.2. The molecule has 0 radical (unpaired) electrons. The molecule has 1 atom stereocenters. The van der Waals surface area contributed by atoms with Crippen LogP contribution >= 0.6 is 15.9 Å². The first-order valence-electron chi connectivity index (χ1n) is 5.89. The molecule has 0 saturated carbocycles. The lowest BCUT2D eigenvalue weighted by Gasteiger charge is -2.28. The van der Waals surface area contributed by atoms with Crippen LogP contribution in [0, 0.1) is 0 Å². The molecule has 0 N–H and O–H groups in total. The first-order chi connectivity index (χ1) is 8.24. The lowest BCUT2D eigenvalue weighted by Crippen LogP contribution is -2.31. The summed E-state index contributed by atoms with van der Waals surface area (Å²) in [5, 5.41) is 0. The summed E-state index contributed by atoms with van der Waals surface area (Å²) < 4.78 is 6.72. The SMILES string of the molecule is CCOC(c1ccccc1Br)N1CCCC1=O. The Morgan fingerprint density at radius 1 is 1.47 bits per heavy atom. The molecule has 0 spiro atoms. The first kappa shape index (κ1) is 12.6. The average molecular weight is 298 g/mol. The maximum absolute atomic E-state index is 11.8. The van der Waals surface area contributed by atoms with E-state index >= 15 is 0 Å². The van der Waals surface area contributed by atoms with Gasteiger partial charge in [0, 0.05) is 29.6 Å². The van der Waals surface area contributed by atoms with E-state index in [2.05, 4.69) is 15.9 Å². The summed E-state index contributed by atoms with van der Waals surface area (Å²) in [5.74, 6) is 0.180. The Kier molecular flexibility index (Phi) is 4.18. The van der Waals surface area contributed by atoms with Gasteiger partial charge in [-0.2, -0.15) is 0 Å². The zero-order valence-electron chi connectivity index (χ0n) is 9.86. The number of carbonyl (C=O) groups excluding carboxylic acids is 1. The highest BCUT2D eigenvalue weighted by Gasteiger charge is 2.30. The van der Waals surface area contributed by atoms with Crippen LogP contribution in [0.1, 0.15) is 31.6 Å². The van der Waals surface area contributed by atoms with Gasteiger partial charge in [-0.3, -0.25) is 4.79 Å². The van der Waals surface area contributed by atoms with Gasteiger partial charge >= 0.3 is 0 Å². The molecule has 17 heavy (non-hydrogen) atoms. The van der Waals surface area contributed by atoms with Gasteiger partial charge in [-0.15, -0.1) is 0 Å². The molecule has 3 nitrogen and oxygen atoms in total. The van der Waals surface area contributed by atoms with E-state index in [-0.39, 0.29) is 12.1 Å². The van der Waals surface area contributed by atoms with Gasteiger partial charge in [0.05, 0.1) is 0 Å². The number of benzene rings is 1. The van der Waals surface area contributed by atoms with Crippen molar-refractivity contribution in [2.24, 2.45) is 0 Å². The molecular formula is C13H16BrNO2. The number of ether oxygens (including phenoxy) is 1. The highest BCUT2D eigenvalue weighted by atomic mass is 79.9. The molecule has 2 rings (SSSR count). The number of rotatable bonds is 4. The normalized spacial score (nSPS) is 17.5. The zero-order chi connectivity index (χ0) is 12.3. The van der Waals surface area contributed by atoms with Crippen LogP contribution in [0.15, 0.2) is 28.7 Å². The van der Waals surface area contributed by atoms with Gasteiger partial charge in [-0.05, 0) is 19.4 Å². The largest absolute Gasteiger partial charge is 0.354 e. The third kappa shape index (κ3) is 2.69. The summed E-state index contributed by atoms with van der Waals surface area (Å²) in [6.07, 6.45) is 1.30. The molecule has 1 amide bonds. The second-order valence-electron chi connectivity index (χ2n) is 4.02. The molecule has 1 aliphatic heterocycles. The van der Waals surface area contributed by atoms with Crippen LogP contribution in [-0.4, -0.2) is 24.0 Å². The van der Waals surface area contributed by atoms with Crippen molar-refractivity contribution in [2.75, 3.05) is 13.2 Å². The molecule has 1 aromatic rings. The van der Waals surface area contributed by atoms with Gasteiger partial charge in [0.1, 0.15) is 0 Å². The Morgan fingerprint density at radius 3 is 2.82 bits per heavy atom. The smallest absolute Gasteiger partial charge is 0.224 e. The van der Waals surface area contributed by atoms with Crippen molar-refractivity contribution in [3.8, 4) is 0 Å². The van der Waals surface area contributed by atoms with E-state index in [0.29, 0.717) is 13.0 Å². The number of amides is 1. The number of hydrogen-bond donors (Lipinski definition) is 0. The molecular weight excluding hydrogens is 282 g/mol. The summed E-state index contributed by atoms with van der Waals surface area (Å²) in [7, 11) is 0. The first-order valence-corrected chi connectivity index (χ1v) is 6.69. The summed E-state index contributed by atoms with van der Waals surface area (Å²) in [4.78, 5) is 13.6. The van der Waals surface area contributed by atoms with Crippen molar-refractivity contribution < 1.29 is 9.53 Å². The van der Waals surface area contributed by atoms with Crippen LogP contribution in [0.3, 0.4) is 0 Å². The quantitative estimate of drug-likeness (QED) is 0.855. The third-order valence-corrected chi connectivity index (χ3v) is 3.61. The van der Waals surface area contributed by atoms with E-state index in [9.17, 15) is 4.79 Å². The highest BCUT2D eigenvalue weighted by molar-refractivity contribution is 9.10. The highest BCUT2D eigenvalue weighted by Crippen LogP contribution is 2.31. The van der Waals surface area contributed by atoms with E-state index < -0.39 is 0 Å². The van der Waals surface area contributed by atoms with E-state index in [1.54, 1.807) is 0 Å². The van der Waals surface area contributed by atoms with Gasteiger partial charge < -0.3 is 9.64 Å². The molecule has 1 unspecified atom stereocenters. The number of likely N-dealkylation sites (tertiary alicyclic amines) is 1. The monoisotopic (exact) mass is 297 g/mol. The number of carbonyl (C=O) groups is 1. The van der Waals surface area contributed by atoms with Crippen LogP contribution in [0.25, 0.3) is 0 Å². The molecule has 0 bridgehead atoms. The van der Waals surface area contributed by atoms with Crippen LogP contribution < -0.4 is 0 Å². The Labute approximate surface area is 110 Å². The van der Waals surface area contributed by atoms with Gasteiger partial charge in [-0.25, -0.2) is 0 Å². The van der Waals surface area contributed by atoms with E-state index in [1.165, 1.54) is 0 Å². The fraction of sp³-hybridized carbons (Fsp3) is 0.462. The molecule has 1 saturated heterocycles. The van der Waals surface area contributed by atoms with E-state index in [4.69, 9.17) is 4.74 Å². The summed E-state index contributed by atoms with van der Waals surface area (Å²) in [6, 6.07) is 7.90. The number of halogens is 1. The average Bonchev–Trinajstić information content (AvgIpc) is 2.74. The zero-order valence-corrected chi connectivity index (χ0v) is 11.4. The predicted octanol–water partition coefficient (Wildman–Crippen LogP) is 3.11. The Bertz CT molecular complexity index is 408. The Morgan fingerprint density at radius 2 is 2.24 bits per heavy atom. The molecule has 1 aromatic carbocycles. The van der Waals surface area contributed by atoms with Crippen molar-refractivity contribution in [3.63, 3.8) is 0 Å². The second-order valence-corrected chi connectivity index (χ2v) is 4.87. The molecule has 0 aliphatic carbocycles. The lowest BCUT2D eigenvalue weighted by molar-refractivity contribution is -0.141. The molecule has 1 aliphatic rings. The fourth-order valence-corrected chi connectivity index (χ4v) is 2.58. The minimum absolute atomic E-state index is 0.180. The molecule has 4 heteroatoms. The van der Waals surface area contributed by atoms with Gasteiger partial charge in [0.25, 0.3) is 0 Å². The maximum Gasteiger partial charge on any atom is 0.224 e. The van der Waals surface area contributed by atoms with Crippen LogP contribution in [0.5, 0.6) is 0 Å². The summed E-state index contributed by atoms with van der Waals surface area (Å²) in [5.41, 5.74) is 1.02. The van der Waals surface area contributed by atoms with Gasteiger partial charge in [0.15, 0.2) is 6.23 Å². The summed E-state index contributed by atoms with van der Waals surface area (Å²) >= 11 is 3.52. The molecule has 1 heterocycles. The second kappa shape index (κ2) is 5.65. The minimum Gasteiger partial charge on any atom is -0.354 e. The van der Waals surface area contributed by atoms with Crippen LogP contribution in [0.4, 0.5) is 0 Å². The fourth-order valence-electron chi connectivity index (χ4n) is 2.10. The van der Waals surface area contributed by atoms with E-state index in [1.807, 2.05) is 36.1 Å². The van der Waals surface area contributed by atoms with Gasteiger partial charge in [0.2, 0.25) is 5.91 Å². The summed E-state index contributed by atoms with van der Waals surface area (Å²) in [6.45, 7) is 3.32. The van der Waals surface area contributed by atoms with Crippen molar-refractivity contribution in [1.29, 1.82) is 0 Å². The Balaban J connectivity index is 2.28. The number of hydrogen-bond acceptors (Lipinski definition) is 2. The van der Waals surface area contributed by atoms with Crippen molar-refractivity contribution >= 4 is 21.8 Å². The van der Waals surface area contributed by atoms with E-state index in [0.717, 1.165) is 23.0 Å². The standard InChI is InChI=1S/C13H16BrNO2/c1-2-17-13(15-9-5-8-12(15)16)10-6-3-4-7-11(10)14/h3-4,6-7,13H,2,5,8-9H2,1H3. The molecule has 0 aromatic heterocycles. The van der Waals surface area contributed by atoms with Crippen molar-refractivity contribution in [3.05, 3.63) is 34.3 Å². The van der Waals surface area contributed by atoms with Crippen LogP contribution in [-0.2, 0) is 9.53 Å². The number of nitrogens with zero attached hydrogens (tertiary/aromatic N) is 1. The molecule has 92 valence electrons. The van der Waals surface area contributed by atoms with Crippen molar-refractivity contribution in [2.45, 2.75) is 26.0 Å². The Hall–Kier alpha value is -0.870. The minimum atomic E-state index is -0.259. The van der Waals surface area contributed by atoms with Crippen molar-refractivity contribution in [1.82, 2.24) is 4.90 Å². The predicted molar refractivity (Wildman–Crippen MR) is 69.5 cm³/mol.